The van der Waals surface area contributed by atoms with Gasteiger partial charge in [0.25, 0.3) is 0 Å². The van der Waals surface area contributed by atoms with Crippen molar-refractivity contribution in [2.45, 2.75) is 17.6 Å². The summed E-state index contributed by atoms with van der Waals surface area (Å²) in [5.74, 6) is 0.371. The van der Waals surface area contributed by atoms with Crippen LogP contribution in [0.4, 0.5) is 5.13 Å². The quantitative estimate of drug-likeness (QED) is 0.663. The third-order valence-electron chi connectivity index (χ3n) is 3.12. The molecule has 21 heavy (non-hydrogen) atoms. The molecule has 1 unspecified atom stereocenters. The van der Waals surface area contributed by atoms with Gasteiger partial charge in [-0.1, -0.05) is 11.8 Å². The summed E-state index contributed by atoms with van der Waals surface area (Å²) in [4.78, 5) is 26.6. The summed E-state index contributed by atoms with van der Waals surface area (Å²) in [5, 5.41) is 6.69. The first-order chi connectivity index (χ1) is 10.3. The molecule has 3 heterocycles. The van der Waals surface area contributed by atoms with Gasteiger partial charge in [-0.25, -0.2) is 15.0 Å². The smallest absolute Gasteiger partial charge is 0.230 e. The predicted molar refractivity (Wildman–Crippen MR) is 83.6 cm³/mol. The number of amides is 1. The third-order valence-corrected chi connectivity index (χ3v) is 4.83. The van der Waals surface area contributed by atoms with Crippen molar-refractivity contribution >= 4 is 34.1 Å². The van der Waals surface area contributed by atoms with Crippen molar-refractivity contribution in [1.82, 2.24) is 20.3 Å². The minimum atomic E-state index is 0.0263. The molecule has 1 fully saturated rings. The fourth-order valence-electron chi connectivity index (χ4n) is 2.18. The second-order valence-corrected chi connectivity index (χ2v) is 6.45. The Kier molecular flexibility index (Phi) is 4.66. The highest BCUT2D eigenvalue weighted by atomic mass is 32.2. The van der Waals surface area contributed by atoms with Crippen molar-refractivity contribution in [2.75, 3.05) is 23.7 Å². The highest BCUT2D eigenvalue weighted by molar-refractivity contribution is 7.99. The van der Waals surface area contributed by atoms with E-state index in [9.17, 15) is 4.79 Å². The molecule has 0 aromatic carbocycles. The van der Waals surface area contributed by atoms with E-state index in [0.717, 1.165) is 24.6 Å². The van der Waals surface area contributed by atoms with E-state index in [0.29, 0.717) is 10.9 Å². The zero-order valence-corrected chi connectivity index (χ0v) is 12.9. The van der Waals surface area contributed by atoms with Crippen LogP contribution < -0.4 is 10.2 Å². The molecule has 6 nitrogen and oxygen atoms in total. The van der Waals surface area contributed by atoms with Gasteiger partial charge in [-0.2, -0.15) is 0 Å². The third kappa shape index (κ3) is 3.92. The van der Waals surface area contributed by atoms with Crippen molar-refractivity contribution < 1.29 is 4.79 Å². The number of aromatic nitrogens is 3. The fraction of sp³-hybridized carbons (Fsp3) is 0.385. The number of rotatable bonds is 5. The Bertz CT molecular complexity index is 578. The van der Waals surface area contributed by atoms with Crippen LogP contribution in [0.25, 0.3) is 0 Å². The number of carbonyl (C=O) groups excluding carboxylic acids is 1. The second-order valence-electron chi connectivity index (χ2n) is 4.63. The first kappa shape index (κ1) is 14.3. The number of thioether (sulfide) groups is 1. The largest absolute Gasteiger partial charge is 0.351 e. The highest BCUT2D eigenvalue weighted by Gasteiger charge is 2.25. The van der Waals surface area contributed by atoms with Crippen LogP contribution in [0.1, 0.15) is 6.42 Å². The van der Waals surface area contributed by atoms with E-state index in [4.69, 9.17) is 0 Å². The fourth-order valence-corrected chi connectivity index (χ4v) is 3.48. The molecular weight excluding hydrogens is 306 g/mol. The van der Waals surface area contributed by atoms with Gasteiger partial charge in [0.05, 0.1) is 5.75 Å². The molecule has 1 N–H and O–H groups in total. The molecule has 1 aliphatic rings. The van der Waals surface area contributed by atoms with Crippen molar-refractivity contribution in [3.8, 4) is 0 Å². The van der Waals surface area contributed by atoms with Crippen LogP contribution in [-0.4, -0.2) is 45.7 Å². The Morgan fingerprint density at radius 3 is 3.00 bits per heavy atom. The van der Waals surface area contributed by atoms with Gasteiger partial charge >= 0.3 is 0 Å². The maximum atomic E-state index is 11.9. The number of thiazole rings is 1. The summed E-state index contributed by atoms with van der Waals surface area (Å²) in [5.41, 5.74) is 0. The molecule has 2 aromatic heterocycles. The van der Waals surface area contributed by atoms with Gasteiger partial charge in [0, 0.05) is 43.1 Å². The lowest BCUT2D eigenvalue weighted by Gasteiger charge is -2.15. The number of carbonyl (C=O) groups is 1. The molecule has 1 atom stereocenters. The Morgan fingerprint density at radius 2 is 2.24 bits per heavy atom. The molecule has 0 radical (unpaired) electrons. The van der Waals surface area contributed by atoms with Crippen LogP contribution in [0.5, 0.6) is 0 Å². The molecular formula is C13H15N5OS2. The molecule has 0 saturated carbocycles. The van der Waals surface area contributed by atoms with E-state index in [2.05, 4.69) is 25.2 Å². The maximum Gasteiger partial charge on any atom is 0.230 e. The molecule has 3 rings (SSSR count). The topological polar surface area (TPSA) is 71.0 Å². The lowest BCUT2D eigenvalue weighted by atomic mass is 10.3. The Labute approximate surface area is 131 Å². The lowest BCUT2D eigenvalue weighted by Crippen LogP contribution is -2.38. The highest BCUT2D eigenvalue weighted by Crippen LogP contribution is 2.22. The van der Waals surface area contributed by atoms with Gasteiger partial charge in [-0.05, 0) is 12.5 Å². The minimum Gasteiger partial charge on any atom is -0.351 e. The maximum absolute atomic E-state index is 11.9. The van der Waals surface area contributed by atoms with Crippen LogP contribution in [0.15, 0.2) is 35.2 Å². The average Bonchev–Trinajstić information content (AvgIpc) is 3.17. The van der Waals surface area contributed by atoms with Gasteiger partial charge in [0.15, 0.2) is 10.3 Å². The SMILES string of the molecule is O=C(CSc1ncccn1)NC1CCN(c2nccs2)C1. The first-order valence-corrected chi connectivity index (χ1v) is 8.51. The summed E-state index contributed by atoms with van der Waals surface area (Å²) in [6.45, 7) is 1.76. The van der Waals surface area contributed by atoms with Crippen molar-refractivity contribution in [1.29, 1.82) is 0 Å². The summed E-state index contributed by atoms with van der Waals surface area (Å²) in [6, 6.07) is 1.95. The van der Waals surface area contributed by atoms with Crippen molar-refractivity contribution in [3.05, 3.63) is 30.0 Å². The zero-order chi connectivity index (χ0) is 14.5. The van der Waals surface area contributed by atoms with Gasteiger partial charge in [-0.15, -0.1) is 11.3 Å². The minimum absolute atomic E-state index is 0.0263. The summed E-state index contributed by atoms with van der Waals surface area (Å²) < 4.78 is 0. The average molecular weight is 321 g/mol. The normalized spacial score (nSPS) is 17.9. The number of nitrogens with one attached hydrogen (secondary N) is 1. The summed E-state index contributed by atoms with van der Waals surface area (Å²) in [6.07, 6.45) is 6.12. The van der Waals surface area contributed by atoms with Crippen molar-refractivity contribution in [3.63, 3.8) is 0 Å². The van der Waals surface area contributed by atoms with Gasteiger partial charge in [0.1, 0.15) is 0 Å². The van der Waals surface area contributed by atoms with Crippen molar-refractivity contribution in [2.24, 2.45) is 0 Å². The van der Waals surface area contributed by atoms with Gasteiger partial charge < -0.3 is 10.2 Å². The lowest BCUT2D eigenvalue weighted by molar-refractivity contribution is -0.119. The van der Waals surface area contributed by atoms with Crippen LogP contribution in [0.2, 0.25) is 0 Å². The summed E-state index contributed by atoms with van der Waals surface area (Å²) in [7, 11) is 0. The zero-order valence-electron chi connectivity index (χ0n) is 11.3. The molecule has 1 aliphatic heterocycles. The Hall–Kier alpha value is -1.67. The van der Waals surface area contributed by atoms with E-state index in [1.54, 1.807) is 29.8 Å². The number of hydrogen-bond donors (Lipinski definition) is 1. The number of hydrogen-bond acceptors (Lipinski definition) is 7. The molecule has 1 amide bonds. The van der Waals surface area contributed by atoms with Crippen LogP contribution >= 0.6 is 23.1 Å². The van der Waals surface area contributed by atoms with Gasteiger partial charge in [0.2, 0.25) is 5.91 Å². The number of anilines is 1. The van der Waals surface area contributed by atoms with Gasteiger partial charge in [-0.3, -0.25) is 4.79 Å². The second kappa shape index (κ2) is 6.86. The van der Waals surface area contributed by atoms with Crippen LogP contribution in [0.3, 0.4) is 0 Å². The molecule has 0 aliphatic carbocycles. The Morgan fingerprint density at radius 1 is 1.38 bits per heavy atom. The van der Waals surface area contributed by atoms with E-state index in [-0.39, 0.29) is 11.9 Å². The monoisotopic (exact) mass is 321 g/mol. The first-order valence-electron chi connectivity index (χ1n) is 6.65. The van der Waals surface area contributed by atoms with E-state index in [1.165, 1.54) is 11.8 Å². The van der Waals surface area contributed by atoms with Crippen LogP contribution in [0, 0.1) is 0 Å². The molecule has 8 heteroatoms. The summed E-state index contributed by atoms with van der Waals surface area (Å²) >= 11 is 2.98. The van der Waals surface area contributed by atoms with E-state index in [1.807, 2.05) is 11.6 Å². The standard InChI is InChI=1S/C13H15N5OS2/c19-11(9-21-12-14-3-1-4-15-12)17-10-2-6-18(8-10)13-16-5-7-20-13/h1,3-5,7,10H,2,6,8-9H2,(H,17,19). The van der Waals surface area contributed by atoms with E-state index >= 15 is 0 Å². The van der Waals surface area contributed by atoms with E-state index < -0.39 is 0 Å². The molecule has 1 saturated heterocycles. The Balaban J connectivity index is 1.43. The van der Waals surface area contributed by atoms with Crippen LogP contribution in [-0.2, 0) is 4.79 Å². The molecule has 2 aromatic rings. The molecule has 110 valence electrons. The molecule has 0 spiro atoms. The predicted octanol–water partition coefficient (Wildman–Crippen LogP) is 1.42. The number of nitrogens with zero attached hydrogens (tertiary/aromatic N) is 4. The molecule has 0 bridgehead atoms.